The molecule has 0 aliphatic heterocycles. The molecule has 0 aliphatic carbocycles. The molecule has 0 spiro atoms. The van der Waals surface area contributed by atoms with Crippen LogP contribution in [0.2, 0.25) is 0 Å². The van der Waals surface area contributed by atoms with Gasteiger partial charge in [0.1, 0.15) is 5.01 Å². The fourth-order valence-corrected chi connectivity index (χ4v) is 3.12. The average Bonchev–Trinajstić information content (AvgIpc) is 3.10. The Kier molecular flexibility index (Phi) is 5.31. The second kappa shape index (κ2) is 7.02. The minimum atomic E-state index is -0.0345. The van der Waals surface area contributed by atoms with Crippen LogP contribution in [-0.4, -0.2) is 39.2 Å². The van der Waals surface area contributed by atoms with Crippen molar-refractivity contribution in [1.82, 2.24) is 19.7 Å². The van der Waals surface area contributed by atoms with Crippen molar-refractivity contribution in [2.45, 2.75) is 40.3 Å². The van der Waals surface area contributed by atoms with Gasteiger partial charge in [-0.15, -0.1) is 11.3 Å². The van der Waals surface area contributed by atoms with Crippen LogP contribution in [0.1, 0.15) is 36.3 Å². The van der Waals surface area contributed by atoms with Gasteiger partial charge < -0.3 is 5.32 Å². The molecular weight excluding hydrogens is 298 g/mol. The highest BCUT2D eigenvalue weighted by Gasteiger charge is 2.19. The summed E-state index contributed by atoms with van der Waals surface area (Å²) in [5.41, 5.74) is 2.66. The Morgan fingerprint density at radius 2 is 2.23 bits per heavy atom. The molecule has 0 saturated carbocycles. The van der Waals surface area contributed by atoms with Crippen molar-refractivity contribution in [3.63, 3.8) is 0 Å². The van der Waals surface area contributed by atoms with E-state index in [4.69, 9.17) is 0 Å². The summed E-state index contributed by atoms with van der Waals surface area (Å²) in [5, 5.41) is 10.4. The molecule has 0 aliphatic rings. The van der Waals surface area contributed by atoms with E-state index in [1.165, 1.54) is 0 Å². The third-order valence-electron chi connectivity index (χ3n) is 3.81. The van der Waals surface area contributed by atoms with Gasteiger partial charge in [-0.1, -0.05) is 0 Å². The number of carbonyl (C=O) groups excluding carboxylic acids is 1. The van der Waals surface area contributed by atoms with E-state index in [1.807, 2.05) is 42.8 Å². The van der Waals surface area contributed by atoms with E-state index in [0.29, 0.717) is 6.54 Å². The number of carbonyl (C=O) groups is 1. The van der Waals surface area contributed by atoms with E-state index >= 15 is 0 Å². The van der Waals surface area contributed by atoms with Crippen molar-refractivity contribution in [3.8, 4) is 0 Å². The maximum absolute atomic E-state index is 12.3. The zero-order valence-electron chi connectivity index (χ0n) is 13.8. The predicted octanol–water partition coefficient (Wildman–Crippen LogP) is 2.61. The minimum Gasteiger partial charge on any atom is -0.322 e. The Labute approximate surface area is 135 Å². The van der Waals surface area contributed by atoms with Gasteiger partial charge in [0, 0.05) is 18.1 Å². The van der Waals surface area contributed by atoms with Gasteiger partial charge in [-0.3, -0.25) is 14.4 Å². The van der Waals surface area contributed by atoms with Crippen molar-refractivity contribution in [2.24, 2.45) is 0 Å². The molecule has 7 heteroatoms. The Bertz CT molecular complexity index is 635. The van der Waals surface area contributed by atoms with Crippen LogP contribution in [0.4, 0.5) is 5.69 Å². The normalized spacial score (nSPS) is 12.6. The van der Waals surface area contributed by atoms with Crippen LogP contribution in [0.3, 0.4) is 0 Å². The molecule has 0 unspecified atom stereocenters. The summed E-state index contributed by atoms with van der Waals surface area (Å²) >= 11 is 1.60. The summed E-state index contributed by atoms with van der Waals surface area (Å²) in [6.45, 7) is 9.09. The van der Waals surface area contributed by atoms with Crippen LogP contribution in [0.25, 0.3) is 0 Å². The lowest BCUT2D eigenvalue weighted by atomic mass is 10.3. The SMILES string of the molecule is CCn1nc(C)c(NC(=O)CN(C)[C@@H](C)c2nccs2)c1C. The molecule has 2 aromatic heterocycles. The summed E-state index contributed by atoms with van der Waals surface area (Å²) < 4.78 is 1.90. The molecule has 2 heterocycles. The van der Waals surface area contributed by atoms with Crippen LogP contribution in [-0.2, 0) is 11.3 Å². The number of likely N-dealkylation sites (N-methyl/N-ethyl adjacent to an activating group) is 1. The van der Waals surface area contributed by atoms with Gasteiger partial charge in [0.05, 0.1) is 29.7 Å². The summed E-state index contributed by atoms with van der Waals surface area (Å²) in [6.07, 6.45) is 1.79. The molecule has 1 amide bonds. The fourth-order valence-electron chi connectivity index (χ4n) is 2.36. The van der Waals surface area contributed by atoms with Crippen molar-refractivity contribution in [2.75, 3.05) is 18.9 Å². The molecule has 2 aromatic rings. The molecule has 120 valence electrons. The molecule has 1 atom stereocenters. The molecule has 22 heavy (non-hydrogen) atoms. The molecule has 6 nitrogen and oxygen atoms in total. The third-order valence-corrected chi connectivity index (χ3v) is 4.75. The van der Waals surface area contributed by atoms with Crippen LogP contribution in [0.15, 0.2) is 11.6 Å². The van der Waals surface area contributed by atoms with Crippen LogP contribution in [0.5, 0.6) is 0 Å². The fraction of sp³-hybridized carbons (Fsp3) is 0.533. The Morgan fingerprint density at radius 1 is 1.50 bits per heavy atom. The standard InChI is InChI=1S/C15H23N5OS/c1-6-20-11(3)14(10(2)18-20)17-13(21)9-19(5)12(4)15-16-7-8-22-15/h7-8,12H,6,9H2,1-5H3,(H,17,21)/t12-/m0/s1. The number of amides is 1. The number of nitrogens with one attached hydrogen (secondary N) is 1. The van der Waals surface area contributed by atoms with Crippen molar-refractivity contribution in [1.29, 1.82) is 0 Å². The predicted molar refractivity (Wildman–Crippen MR) is 89.2 cm³/mol. The minimum absolute atomic E-state index is 0.0345. The monoisotopic (exact) mass is 321 g/mol. The van der Waals surface area contributed by atoms with E-state index in [0.717, 1.165) is 28.6 Å². The first-order chi connectivity index (χ1) is 10.4. The number of anilines is 1. The number of thiazole rings is 1. The third kappa shape index (κ3) is 3.53. The first-order valence-electron chi connectivity index (χ1n) is 7.37. The van der Waals surface area contributed by atoms with Gasteiger partial charge in [0.15, 0.2) is 0 Å². The van der Waals surface area contributed by atoms with Gasteiger partial charge in [0.2, 0.25) is 5.91 Å². The smallest absolute Gasteiger partial charge is 0.238 e. The molecular formula is C15H23N5OS. The van der Waals surface area contributed by atoms with Gasteiger partial charge in [-0.2, -0.15) is 5.10 Å². The van der Waals surface area contributed by atoms with E-state index < -0.39 is 0 Å². The van der Waals surface area contributed by atoms with Gasteiger partial charge in [-0.05, 0) is 34.7 Å². The quantitative estimate of drug-likeness (QED) is 0.888. The van der Waals surface area contributed by atoms with Crippen LogP contribution < -0.4 is 5.32 Å². The van der Waals surface area contributed by atoms with Crippen LogP contribution in [0, 0.1) is 13.8 Å². The lowest BCUT2D eigenvalue weighted by molar-refractivity contribution is -0.117. The lowest BCUT2D eigenvalue weighted by Crippen LogP contribution is -2.32. The lowest BCUT2D eigenvalue weighted by Gasteiger charge is -2.22. The van der Waals surface area contributed by atoms with Crippen LogP contribution >= 0.6 is 11.3 Å². The van der Waals surface area contributed by atoms with Crippen molar-refractivity contribution < 1.29 is 4.79 Å². The number of aromatic nitrogens is 3. The largest absolute Gasteiger partial charge is 0.322 e. The summed E-state index contributed by atoms with van der Waals surface area (Å²) in [4.78, 5) is 18.6. The first-order valence-corrected chi connectivity index (χ1v) is 8.25. The molecule has 0 bridgehead atoms. The number of rotatable bonds is 6. The number of nitrogens with zero attached hydrogens (tertiary/aromatic N) is 4. The Morgan fingerprint density at radius 3 is 2.77 bits per heavy atom. The average molecular weight is 321 g/mol. The molecule has 0 fully saturated rings. The van der Waals surface area contributed by atoms with Gasteiger partial charge >= 0.3 is 0 Å². The van der Waals surface area contributed by atoms with E-state index in [2.05, 4.69) is 22.3 Å². The maximum atomic E-state index is 12.3. The van der Waals surface area contributed by atoms with E-state index in [1.54, 1.807) is 17.5 Å². The Hall–Kier alpha value is -1.73. The molecule has 2 rings (SSSR count). The first kappa shape index (κ1) is 16.6. The zero-order valence-corrected chi connectivity index (χ0v) is 14.6. The van der Waals surface area contributed by atoms with Gasteiger partial charge in [-0.25, -0.2) is 4.98 Å². The maximum Gasteiger partial charge on any atom is 0.238 e. The second-order valence-electron chi connectivity index (χ2n) is 5.37. The second-order valence-corrected chi connectivity index (χ2v) is 6.30. The Balaban J connectivity index is 2.00. The summed E-state index contributed by atoms with van der Waals surface area (Å²) in [5.74, 6) is -0.0345. The summed E-state index contributed by atoms with van der Waals surface area (Å²) in [7, 11) is 1.93. The van der Waals surface area contributed by atoms with E-state index in [9.17, 15) is 4.79 Å². The highest BCUT2D eigenvalue weighted by atomic mass is 32.1. The van der Waals surface area contributed by atoms with Gasteiger partial charge in [0.25, 0.3) is 0 Å². The molecule has 0 radical (unpaired) electrons. The number of aryl methyl sites for hydroxylation is 2. The number of hydrogen-bond donors (Lipinski definition) is 1. The zero-order chi connectivity index (χ0) is 16.3. The molecule has 1 N–H and O–H groups in total. The molecule has 0 saturated heterocycles. The topological polar surface area (TPSA) is 63.1 Å². The number of hydrogen-bond acceptors (Lipinski definition) is 5. The van der Waals surface area contributed by atoms with Crippen molar-refractivity contribution >= 4 is 22.9 Å². The highest BCUT2D eigenvalue weighted by molar-refractivity contribution is 7.09. The molecule has 0 aromatic carbocycles. The highest BCUT2D eigenvalue weighted by Crippen LogP contribution is 2.22. The summed E-state index contributed by atoms with van der Waals surface area (Å²) in [6, 6.07) is 0.117. The van der Waals surface area contributed by atoms with E-state index in [-0.39, 0.29) is 11.9 Å². The van der Waals surface area contributed by atoms with Crippen molar-refractivity contribution in [3.05, 3.63) is 28.0 Å².